The van der Waals surface area contributed by atoms with Gasteiger partial charge in [-0.2, -0.15) is 15.8 Å². The second kappa shape index (κ2) is 6.01. The van der Waals surface area contributed by atoms with Crippen molar-refractivity contribution in [2.45, 2.75) is 38.6 Å². The Balaban J connectivity index is 2.34. The molecule has 138 valence electrons. The molecule has 4 atom stereocenters. The van der Waals surface area contributed by atoms with Gasteiger partial charge in [0.25, 0.3) is 0 Å². The van der Waals surface area contributed by atoms with Gasteiger partial charge in [0.15, 0.2) is 5.41 Å². The highest BCUT2D eigenvalue weighted by Crippen LogP contribution is 2.67. The van der Waals surface area contributed by atoms with Crippen LogP contribution < -0.4 is 0 Å². The van der Waals surface area contributed by atoms with E-state index in [0.29, 0.717) is 18.9 Å². The van der Waals surface area contributed by atoms with E-state index in [2.05, 4.69) is 0 Å². The van der Waals surface area contributed by atoms with Crippen LogP contribution in [0, 0.1) is 67.8 Å². The van der Waals surface area contributed by atoms with E-state index in [1.807, 2.05) is 25.1 Å². The summed E-state index contributed by atoms with van der Waals surface area (Å²) in [6.07, 6.45) is -0.587. The molecule has 6 nitrogen and oxygen atoms in total. The van der Waals surface area contributed by atoms with Crippen molar-refractivity contribution in [3.8, 4) is 18.2 Å². The molecule has 0 radical (unpaired) electrons. The monoisotopic (exact) mass is 370 g/mol. The third kappa shape index (κ3) is 2.13. The van der Waals surface area contributed by atoms with Gasteiger partial charge in [-0.15, -0.1) is 0 Å². The lowest BCUT2D eigenvalue weighted by Crippen LogP contribution is -2.58. The minimum Gasteiger partial charge on any atom is -0.448 e. The van der Waals surface area contributed by atoms with Gasteiger partial charge in [-0.05, 0) is 12.5 Å². The normalized spacial score (nSPS) is 33.4. The first-order chi connectivity index (χ1) is 12.8. The molecule has 2 bridgehead atoms. The highest BCUT2D eigenvalue weighted by Gasteiger charge is 2.79. The van der Waals surface area contributed by atoms with Crippen LogP contribution in [0.5, 0.6) is 0 Å². The molecule has 1 aromatic carbocycles. The Morgan fingerprint density at radius 1 is 1.19 bits per heavy atom. The molecule has 4 unspecified atom stereocenters. The van der Waals surface area contributed by atoms with Crippen LogP contribution in [-0.4, -0.2) is 11.7 Å². The lowest BCUT2D eigenvalue weighted by Gasteiger charge is -2.48. The molecule has 0 spiro atoms. The number of halogens is 2. The van der Waals surface area contributed by atoms with E-state index in [1.165, 1.54) is 6.92 Å². The Morgan fingerprint density at radius 2 is 1.85 bits per heavy atom. The van der Waals surface area contributed by atoms with Crippen LogP contribution in [0.4, 0.5) is 8.78 Å². The molecule has 1 N–H and O–H groups in total. The summed E-state index contributed by atoms with van der Waals surface area (Å²) < 4.78 is 39.3. The summed E-state index contributed by atoms with van der Waals surface area (Å²) >= 11 is 0. The molecule has 1 aromatic rings. The number of nitriles is 3. The number of ether oxygens (including phenoxy) is 2. The van der Waals surface area contributed by atoms with E-state index < -0.39 is 46.2 Å². The zero-order valence-electron chi connectivity index (χ0n) is 14.7. The Labute approximate surface area is 155 Å². The zero-order chi connectivity index (χ0) is 20.0. The molecule has 0 aromatic heterocycles. The maximum atomic E-state index is 14.5. The van der Waals surface area contributed by atoms with E-state index in [1.54, 1.807) is 0 Å². The van der Waals surface area contributed by atoms with Gasteiger partial charge >= 0.3 is 0 Å². The van der Waals surface area contributed by atoms with Gasteiger partial charge in [-0.1, -0.05) is 19.4 Å². The average molecular weight is 370 g/mol. The lowest BCUT2D eigenvalue weighted by molar-refractivity contribution is -0.274. The van der Waals surface area contributed by atoms with Gasteiger partial charge in [0.1, 0.15) is 17.7 Å². The van der Waals surface area contributed by atoms with Gasteiger partial charge in [0.2, 0.25) is 17.1 Å². The van der Waals surface area contributed by atoms with Crippen molar-refractivity contribution < 1.29 is 18.3 Å². The number of nitrogens with one attached hydrogen (secondary N) is 1. The summed E-state index contributed by atoms with van der Waals surface area (Å²) in [4.78, 5) is 0. The fourth-order valence-corrected chi connectivity index (χ4v) is 4.31. The van der Waals surface area contributed by atoms with Crippen molar-refractivity contribution in [2.24, 2.45) is 16.7 Å². The van der Waals surface area contributed by atoms with Crippen molar-refractivity contribution >= 4 is 5.90 Å². The summed E-state index contributed by atoms with van der Waals surface area (Å²) in [6, 6.07) is 8.29. The predicted molar refractivity (Wildman–Crippen MR) is 87.5 cm³/mol. The number of benzene rings is 1. The Bertz CT molecular complexity index is 930. The third-order valence-corrected chi connectivity index (χ3v) is 5.54. The van der Waals surface area contributed by atoms with Gasteiger partial charge in [0, 0.05) is 18.6 Å². The van der Waals surface area contributed by atoms with Crippen molar-refractivity contribution in [1.29, 1.82) is 21.2 Å². The topological polar surface area (TPSA) is 114 Å². The molecule has 0 saturated carbocycles. The summed E-state index contributed by atoms with van der Waals surface area (Å²) in [5.41, 5.74) is -4.42. The Kier molecular flexibility index (Phi) is 4.18. The second-order valence-electron chi connectivity index (χ2n) is 6.90. The summed E-state index contributed by atoms with van der Waals surface area (Å²) in [5.74, 6) is -4.65. The molecular weight excluding hydrogens is 354 g/mol. The minimum atomic E-state index is -2.24. The first-order valence-corrected chi connectivity index (χ1v) is 8.40. The SMILES string of the molecule is CCCC1C2(C)OC(=N)C1(C#N)C(C#N)(C#N)C(c1ccc(F)cc1F)O2. The Hall–Kier alpha value is -3.02. The quantitative estimate of drug-likeness (QED) is 0.871. The van der Waals surface area contributed by atoms with Crippen molar-refractivity contribution in [3.63, 3.8) is 0 Å². The van der Waals surface area contributed by atoms with E-state index in [4.69, 9.17) is 14.9 Å². The van der Waals surface area contributed by atoms with Crippen molar-refractivity contribution in [3.05, 3.63) is 35.4 Å². The van der Waals surface area contributed by atoms with E-state index in [-0.39, 0.29) is 5.56 Å². The smallest absolute Gasteiger partial charge is 0.214 e. The molecule has 2 aliphatic heterocycles. The highest BCUT2D eigenvalue weighted by atomic mass is 19.1. The molecular formula is C19H16F2N4O2. The first-order valence-electron chi connectivity index (χ1n) is 8.40. The van der Waals surface area contributed by atoms with Gasteiger partial charge < -0.3 is 9.47 Å². The number of nitrogens with zero attached hydrogens (tertiary/aromatic N) is 3. The standard InChI is InChI=1S/C19H16F2N4O2/c1-3-4-14-17(2)26-15(12-6-5-11(20)7-13(12)21)18(8-22,9-23)19(14,10-24)16(25)27-17/h5-7,14-15,25H,3-4H2,1-2H3. The summed E-state index contributed by atoms with van der Waals surface area (Å²) in [6.45, 7) is 3.36. The van der Waals surface area contributed by atoms with Crippen LogP contribution in [0.25, 0.3) is 0 Å². The van der Waals surface area contributed by atoms with Crippen LogP contribution in [0.15, 0.2) is 18.2 Å². The molecule has 2 heterocycles. The van der Waals surface area contributed by atoms with E-state index in [0.717, 1.165) is 12.1 Å². The lowest BCUT2D eigenvalue weighted by atomic mass is 9.53. The van der Waals surface area contributed by atoms with E-state index >= 15 is 0 Å². The van der Waals surface area contributed by atoms with Gasteiger partial charge in [-0.25, -0.2) is 8.78 Å². The predicted octanol–water partition coefficient (Wildman–Crippen LogP) is 3.72. The minimum absolute atomic E-state index is 0.237. The van der Waals surface area contributed by atoms with Gasteiger partial charge in [0.05, 0.1) is 24.1 Å². The third-order valence-electron chi connectivity index (χ3n) is 5.54. The molecule has 0 aliphatic carbocycles. The van der Waals surface area contributed by atoms with Crippen LogP contribution >= 0.6 is 0 Å². The van der Waals surface area contributed by atoms with Gasteiger partial charge in [-0.3, -0.25) is 5.41 Å². The molecule has 27 heavy (non-hydrogen) atoms. The van der Waals surface area contributed by atoms with Crippen LogP contribution in [-0.2, 0) is 9.47 Å². The average Bonchev–Trinajstić information content (AvgIpc) is 2.79. The van der Waals surface area contributed by atoms with Crippen molar-refractivity contribution in [2.75, 3.05) is 0 Å². The van der Waals surface area contributed by atoms with E-state index in [9.17, 15) is 24.6 Å². The van der Waals surface area contributed by atoms with Crippen LogP contribution in [0.2, 0.25) is 0 Å². The molecule has 8 heteroatoms. The highest BCUT2D eigenvalue weighted by molar-refractivity contribution is 5.89. The van der Waals surface area contributed by atoms with Crippen molar-refractivity contribution in [1.82, 2.24) is 0 Å². The maximum Gasteiger partial charge on any atom is 0.214 e. The Morgan fingerprint density at radius 3 is 2.37 bits per heavy atom. The second-order valence-corrected chi connectivity index (χ2v) is 6.90. The fourth-order valence-electron chi connectivity index (χ4n) is 4.31. The number of hydrogen-bond donors (Lipinski definition) is 1. The molecule has 0 amide bonds. The number of rotatable bonds is 3. The summed E-state index contributed by atoms with van der Waals surface area (Å²) in [5, 5.41) is 38.3. The molecule has 2 saturated heterocycles. The zero-order valence-corrected chi connectivity index (χ0v) is 14.7. The summed E-state index contributed by atoms with van der Waals surface area (Å²) in [7, 11) is 0. The maximum absolute atomic E-state index is 14.5. The largest absolute Gasteiger partial charge is 0.448 e. The fraction of sp³-hybridized carbons (Fsp3) is 0.474. The molecule has 2 fully saturated rings. The molecule has 2 aliphatic rings. The first kappa shape index (κ1) is 18.8. The number of fused-ring (bicyclic) bond motifs is 2. The molecule has 3 rings (SSSR count). The number of hydrogen-bond acceptors (Lipinski definition) is 6. The van der Waals surface area contributed by atoms with Crippen LogP contribution in [0.1, 0.15) is 38.4 Å². The van der Waals surface area contributed by atoms with Crippen LogP contribution in [0.3, 0.4) is 0 Å².